The van der Waals surface area contributed by atoms with Crippen LogP contribution in [0.1, 0.15) is 48.9 Å². The van der Waals surface area contributed by atoms with Crippen LogP contribution < -0.4 is 14.4 Å². The van der Waals surface area contributed by atoms with Gasteiger partial charge in [-0.15, -0.1) is 0 Å². The number of aromatic nitrogens is 2. The molecule has 0 atom stereocenters. The number of anilines is 1. The van der Waals surface area contributed by atoms with Crippen LogP contribution in [0, 0.1) is 26.7 Å². The van der Waals surface area contributed by atoms with Crippen molar-refractivity contribution in [3.05, 3.63) is 29.0 Å². The quantitative estimate of drug-likeness (QED) is 0.561. The van der Waals surface area contributed by atoms with Crippen molar-refractivity contribution in [3.8, 4) is 23.0 Å². The van der Waals surface area contributed by atoms with Crippen molar-refractivity contribution in [2.45, 2.75) is 52.9 Å². The van der Waals surface area contributed by atoms with Gasteiger partial charge in [0.1, 0.15) is 11.4 Å². The van der Waals surface area contributed by atoms with Crippen molar-refractivity contribution in [1.82, 2.24) is 14.9 Å². The molecule has 0 amide bonds. The normalized spacial score (nSPS) is 16.8. The maximum absolute atomic E-state index is 5.85. The van der Waals surface area contributed by atoms with Gasteiger partial charge in [0.2, 0.25) is 5.88 Å². The lowest BCUT2D eigenvalue weighted by atomic mass is 10.0. The zero-order valence-corrected chi connectivity index (χ0v) is 20.4. The summed E-state index contributed by atoms with van der Waals surface area (Å²) in [7, 11) is 3.42. The Morgan fingerprint density at radius 3 is 2.41 bits per heavy atom. The third kappa shape index (κ3) is 5.17. The summed E-state index contributed by atoms with van der Waals surface area (Å²) in [6, 6.07) is 4.19. The van der Waals surface area contributed by atoms with Crippen LogP contribution in [0.15, 0.2) is 12.1 Å². The number of nitrogens with zero attached hydrogens (tertiary/aromatic N) is 4. The van der Waals surface area contributed by atoms with Crippen molar-refractivity contribution in [2.75, 3.05) is 51.8 Å². The molecular weight excluding hydrogens is 400 g/mol. The molecule has 1 aromatic heterocycles. The van der Waals surface area contributed by atoms with E-state index >= 15 is 0 Å². The first-order chi connectivity index (χ1) is 15.5. The largest absolute Gasteiger partial charge is 0.496 e. The molecule has 0 radical (unpaired) electrons. The van der Waals surface area contributed by atoms with Crippen molar-refractivity contribution in [1.29, 1.82) is 0 Å². The summed E-state index contributed by atoms with van der Waals surface area (Å²) < 4.78 is 11.5. The number of likely N-dealkylation sites (tertiary alicyclic amines) is 1. The maximum Gasteiger partial charge on any atom is 0.241 e. The van der Waals surface area contributed by atoms with E-state index in [1.165, 1.54) is 45.2 Å². The van der Waals surface area contributed by atoms with Gasteiger partial charge in [-0.3, -0.25) is 0 Å². The minimum absolute atomic E-state index is 0.661. The molecule has 0 bridgehead atoms. The summed E-state index contributed by atoms with van der Waals surface area (Å²) in [5.41, 5.74) is 5.22. The number of ether oxygens (including phenoxy) is 2. The van der Waals surface area contributed by atoms with Gasteiger partial charge in [0.05, 0.1) is 25.5 Å². The van der Waals surface area contributed by atoms with E-state index in [1.807, 2.05) is 6.07 Å². The molecule has 6 nitrogen and oxygen atoms in total. The van der Waals surface area contributed by atoms with E-state index in [0.29, 0.717) is 11.7 Å². The van der Waals surface area contributed by atoms with E-state index in [-0.39, 0.29) is 0 Å². The molecule has 0 N–H and O–H groups in total. The third-order valence-corrected chi connectivity index (χ3v) is 6.73. The maximum atomic E-state index is 5.85. The van der Waals surface area contributed by atoms with Gasteiger partial charge in [0.25, 0.3) is 0 Å². The molecule has 0 spiro atoms. The molecule has 32 heavy (non-hydrogen) atoms. The molecule has 4 rings (SSSR count). The molecule has 6 heteroatoms. The van der Waals surface area contributed by atoms with Gasteiger partial charge in [0.15, 0.2) is 5.82 Å². The van der Waals surface area contributed by atoms with Gasteiger partial charge in [-0.05, 0) is 82.7 Å². The number of hydrogen-bond donors (Lipinski definition) is 0. The number of aryl methyl sites for hydroxylation is 3. The van der Waals surface area contributed by atoms with Crippen LogP contribution in [0.25, 0.3) is 11.4 Å². The summed E-state index contributed by atoms with van der Waals surface area (Å²) in [6.07, 6.45) is 6.65. The summed E-state index contributed by atoms with van der Waals surface area (Å²) in [5, 5.41) is 0. The molecule has 174 valence electrons. The minimum Gasteiger partial charge on any atom is -0.496 e. The molecule has 2 aliphatic rings. The Bertz CT molecular complexity index is 936. The van der Waals surface area contributed by atoms with E-state index < -0.39 is 0 Å². The van der Waals surface area contributed by atoms with Gasteiger partial charge in [-0.25, -0.2) is 4.98 Å². The Hall–Kier alpha value is -2.34. The van der Waals surface area contributed by atoms with Gasteiger partial charge >= 0.3 is 0 Å². The summed E-state index contributed by atoms with van der Waals surface area (Å²) in [5.74, 6) is 2.91. The van der Waals surface area contributed by atoms with Gasteiger partial charge in [-0.1, -0.05) is 12.5 Å². The Morgan fingerprint density at radius 2 is 1.75 bits per heavy atom. The van der Waals surface area contributed by atoms with E-state index in [9.17, 15) is 0 Å². The Kier molecular flexibility index (Phi) is 7.19. The molecule has 1 saturated carbocycles. The fraction of sp³-hybridized carbons (Fsp3) is 0.615. The third-order valence-electron chi connectivity index (χ3n) is 6.73. The lowest BCUT2D eigenvalue weighted by Gasteiger charge is -2.32. The highest BCUT2D eigenvalue weighted by Gasteiger charge is 2.29. The lowest BCUT2D eigenvalue weighted by Crippen LogP contribution is -2.39. The van der Waals surface area contributed by atoms with E-state index in [1.54, 1.807) is 14.2 Å². The predicted molar refractivity (Wildman–Crippen MR) is 130 cm³/mol. The lowest BCUT2D eigenvalue weighted by molar-refractivity contribution is 0.233. The Balaban J connectivity index is 1.67. The molecule has 1 aromatic carbocycles. The molecular formula is C26H38N4O2. The van der Waals surface area contributed by atoms with Crippen molar-refractivity contribution in [2.24, 2.45) is 5.92 Å². The number of rotatable bonds is 9. The average molecular weight is 439 g/mol. The van der Waals surface area contributed by atoms with Crippen molar-refractivity contribution in [3.63, 3.8) is 0 Å². The smallest absolute Gasteiger partial charge is 0.241 e. The minimum atomic E-state index is 0.661. The first-order valence-electron chi connectivity index (χ1n) is 12.1. The van der Waals surface area contributed by atoms with Crippen LogP contribution in [0.4, 0.5) is 5.69 Å². The highest BCUT2D eigenvalue weighted by molar-refractivity contribution is 5.72. The van der Waals surface area contributed by atoms with Crippen LogP contribution in [0.2, 0.25) is 0 Å². The number of hydrogen-bond acceptors (Lipinski definition) is 6. The molecule has 1 aliphatic heterocycles. The zero-order valence-electron chi connectivity index (χ0n) is 20.4. The van der Waals surface area contributed by atoms with Crippen LogP contribution in [-0.4, -0.2) is 61.8 Å². The fourth-order valence-corrected chi connectivity index (χ4v) is 4.89. The van der Waals surface area contributed by atoms with Gasteiger partial charge in [-0.2, -0.15) is 4.98 Å². The summed E-state index contributed by atoms with van der Waals surface area (Å²) in [4.78, 5) is 14.9. The van der Waals surface area contributed by atoms with Crippen LogP contribution in [0.5, 0.6) is 11.6 Å². The highest BCUT2D eigenvalue weighted by atomic mass is 16.5. The summed E-state index contributed by atoms with van der Waals surface area (Å²) >= 11 is 0. The predicted octanol–water partition coefficient (Wildman–Crippen LogP) is 4.79. The second-order valence-corrected chi connectivity index (χ2v) is 9.44. The van der Waals surface area contributed by atoms with Crippen LogP contribution in [0.3, 0.4) is 0 Å². The van der Waals surface area contributed by atoms with Crippen molar-refractivity contribution >= 4 is 5.69 Å². The van der Waals surface area contributed by atoms with Crippen LogP contribution in [-0.2, 0) is 0 Å². The molecule has 1 saturated heterocycles. The zero-order chi connectivity index (χ0) is 22.7. The van der Waals surface area contributed by atoms with Crippen molar-refractivity contribution < 1.29 is 9.47 Å². The number of benzene rings is 1. The van der Waals surface area contributed by atoms with E-state index in [2.05, 4.69) is 36.6 Å². The van der Waals surface area contributed by atoms with E-state index in [0.717, 1.165) is 59.4 Å². The first-order valence-corrected chi connectivity index (χ1v) is 12.1. The second kappa shape index (κ2) is 10.1. The molecule has 2 aromatic rings. The highest BCUT2D eigenvalue weighted by Crippen LogP contribution is 2.39. The standard InChI is InChI=1S/C26H38N4O2/c1-18-15-19(2)23(22(16-18)31-4)25-27-20(3)24(26(28-25)32-5)30(17-21-9-10-21)14-13-29-11-7-6-8-12-29/h15-16,21H,6-14,17H2,1-5H3. The van der Waals surface area contributed by atoms with Gasteiger partial charge in [0, 0.05) is 19.6 Å². The molecule has 2 heterocycles. The fourth-order valence-electron chi connectivity index (χ4n) is 4.89. The Morgan fingerprint density at radius 1 is 1.00 bits per heavy atom. The monoisotopic (exact) mass is 438 g/mol. The second-order valence-electron chi connectivity index (χ2n) is 9.44. The first kappa shape index (κ1) is 22.8. The number of piperidine rings is 1. The van der Waals surface area contributed by atoms with Crippen LogP contribution >= 0.6 is 0 Å². The Labute approximate surface area is 193 Å². The van der Waals surface area contributed by atoms with E-state index in [4.69, 9.17) is 19.4 Å². The molecule has 0 unspecified atom stereocenters. The molecule has 1 aliphatic carbocycles. The average Bonchev–Trinajstić information content (AvgIpc) is 3.60. The topological polar surface area (TPSA) is 50.7 Å². The SMILES string of the molecule is COc1cc(C)cc(C)c1-c1nc(C)c(N(CCN2CCCCC2)CC2CC2)c(OC)n1. The molecule has 2 fully saturated rings. The number of methoxy groups -OCH3 is 2. The van der Waals surface area contributed by atoms with Gasteiger partial charge < -0.3 is 19.3 Å². The summed E-state index contributed by atoms with van der Waals surface area (Å²) in [6.45, 7) is 11.8.